The first-order chi connectivity index (χ1) is 10.3. The lowest BCUT2D eigenvalue weighted by atomic mass is 10.3. The third-order valence-electron chi connectivity index (χ3n) is 2.86. The third-order valence-corrected chi connectivity index (χ3v) is 3.89. The molecule has 0 saturated carbocycles. The molecule has 6 heteroatoms. The van der Waals surface area contributed by atoms with Crippen molar-refractivity contribution in [3.8, 4) is 0 Å². The summed E-state index contributed by atoms with van der Waals surface area (Å²) in [5.74, 6) is 0.442. The van der Waals surface area contributed by atoms with Crippen molar-refractivity contribution in [3.63, 3.8) is 0 Å². The summed E-state index contributed by atoms with van der Waals surface area (Å²) in [6, 6.07) is 17.6. The molecule has 0 atom stereocenters. The van der Waals surface area contributed by atoms with E-state index in [1.54, 1.807) is 0 Å². The monoisotopic (exact) mass is 299 g/mol. The molecule has 1 amide bonds. The minimum atomic E-state index is -0.541. The number of fused-ring (bicyclic) bond motifs is 1. The van der Waals surface area contributed by atoms with Crippen LogP contribution in [0.5, 0.6) is 0 Å². The molecule has 5 nitrogen and oxygen atoms in total. The highest BCUT2D eigenvalue weighted by Crippen LogP contribution is 2.30. The summed E-state index contributed by atoms with van der Waals surface area (Å²) in [5.41, 5.74) is 1.74. The minimum absolute atomic E-state index is 0.442. The van der Waals surface area contributed by atoms with E-state index in [4.69, 9.17) is 0 Å². The van der Waals surface area contributed by atoms with Gasteiger partial charge in [0.2, 0.25) is 5.95 Å². The number of ether oxygens (including phenoxy) is 1. The van der Waals surface area contributed by atoms with Crippen LogP contribution in [0.1, 0.15) is 0 Å². The molecule has 3 rings (SSSR count). The number of carbonyl (C=O) groups is 1. The van der Waals surface area contributed by atoms with E-state index in [0.717, 1.165) is 15.9 Å². The molecule has 0 fully saturated rings. The molecular weight excluding hydrogens is 286 g/mol. The molecule has 0 bridgehead atoms. The summed E-state index contributed by atoms with van der Waals surface area (Å²) in [6.45, 7) is 0. The predicted octanol–water partition coefficient (Wildman–Crippen LogP) is 3.77. The second-order valence-electron chi connectivity index (χ2n) is 4.24. The summed E-state index contributed by atoms with van der Waals surface area (Å²) >= 11 is 1.49. The van der Waals surface area contributed by atoms with E-state index < -0.39 is 6.09 Å². The highest BCUT2D eigenvalue weighted by Gasteiger charge is 2.14. The highest BCUT2D eigenvalue weighted by atomic mass is 32.2. The van der Waals surface area contributed by atoms with Gasteiger partial charge in [0.15, 0.2) is 0 Å². The van der Waals surface area contributed by atoms with Gasteiger partial charge in [-0.25, -0.2) is 13.8 Å². The van der Waals surface area contributed by atoms with E-state index in [2.05, 4.69) is 15.0 Å². The van der Waals surface area contributed by atoms with E-state index in [-0.39, 0.29) is 0 Å². The van der Waals surface area contributed by atoms with Crippen molar-refractivity contribution < 1.29 is 9.53 Å². The van der Waals surface area contributed by atoms with Crippen LogP contribution in [-0.2, 0) is 4.74 Å². The van der Waals surface area contributed by atoms with Gasteiger partial charge in [-0.15, -0.1) is 0 Å². The Labute approximate surface area is 126 Å². The van der Waals surface area contributed by atoms with Crippen molar-refractivity contribution >= 4 is 35.0 Å². The molecule has 21 heavy (non-hydrogen) atoms. The maximum absolute atomic E-state index is 11.5. The molecule has 0 unspecified atom stereocenters. The van der Waals surface area contributed by atoms with E-state index in [1.807, 2.05) is 58.6 Å². The number of nitrogens with one attached hydrogen (secondary N) is 1. The van der Waals surface area contributed by atoms with Crippen LogP contribution in [0.3, 0.4) is 0 Å². The van der Waals surface area contributed by atoms with Crippen LogP contribution < -0.4 is 5.32 Å². The Hall–Kier alpha value is -2.47. The second-order valence-corrected chi connectivity index (χ2v) is 5.26. The summed E-state index contributed by atoms with van der Waals surface area (Å²) in [7, 11) is 1.33. The molecule has 3 aromatic rings. The van der Waals surface area contributed by atoms with Crippen LogP contribution in [0.15, 0.2) is 59.5 Å². The molecule has 1 N–H and O–H groups in total. The van der Waals surface area contributed by atoms with Crippen LogP contribution in [0.2, 0.25) is 0 Å². The standard InChI is InChI=1S/C15H13N3O2S/c1-20-15(19)17-14-16-12-9-5-6-10-13(12)18(14)21-11-7-3-2-4-8-11/h2-10H,1H3,(H,16,17,19). The fraction of sp³-hybridized carbons (Fsp3) is 0.0667. The van der Waals surface area contributed by atoms with Gasteiger partial charge >= 0.3 is 6.09 Å². The van der Waals surface area contributed by atoms with Gasteiger partial charge in [-0.2, -0.15) is 0 Å². The molecule has 0 aliphatic heterocycles. The van der Waals surface area contributed by atoms with Crippen molar-refractivity contribution in [2.45, 2.75) is 4.90 Å². The Kier molecular flexibility index (Phi) is 3.79. The Morgan fingerprint density at radius 1 is 1.14 bits per heavy atom. The van der Waals surface area contributed by atoms with Gasteiger partial charge in [-0.05, 0) is 36.2 Å². The van der Waals surface area contributed by atoms with Crippen LogP contribution in [-0.4, -0.2) is 22.2 Å². The molecular formula is C15H13N3O2S. The Morgan fingerprint density at radius 3 is 2.62 bits per heavy atom. The van der Waals surface area contributed by atoms with Crippen LogP contribution in [0.4, 0.5) is 10.7 Å². The van der Waals surface area contributed by atoms with Crippen molar-refractivity contribution in [3.05, 3.63) is 54.6 Å². The topological polar surface area (TPSA) is 56.1 Å². The summed E-state index contributed by atoms with van der Waals surface area (Å²) in [4.78, 5) is 16.9. The average Bonchev–Trinajstić information content (AvgIpc) is 2.86. The number of hydrogen-bond donors (Lipinski definition) is 1. The smallest absolute Gasteiger partial charge is 0.413 e. The number of imidazole rings is 1. The minimum Gasteiger partial charge on any atom is -0.453 e. The number of anilines is 1. The number of methoxy groups -OCH3 is 1. The van der Waals surface area contributed by atoms with Crippen molar-refractivity contribution in [1.82, 2.24) is 8.96 Å². The fourth-order valence-electron chi connectivity index (χ4n) is 1.90. The van der Waals surface area contributed by atoms with E-state index >= 15 is 0 Å². The average molecular weight is 299 g/mol. The van der Waals surface area contributed by atoms with Gasteiger partial charge in [-0.1, -0.05) is 30.3 Å². The van der Waals surface area contributed by atoms with Crippen molar-refractivity contribution in [1.29, 1.82) is 0 Å². The van der Waals surface area contributed by atoms with Crippen LogP contribution >= 0.6 is 11.9 Å². The Balaban J connectivity index is 2.05. The molecule has 1 heterocycles. The number of para-hydroxylation sites is 2. The number of aromatic nitrogens is 2. The largest absolute Gasteiger partial charge is 0.453 e. The quantitative estimate of drug-likeness (QED) is 0.800. The molecule has 106 valence electrons. The van der Waals surface area contributed by atoms with Crippen LogP contribution in [0.25, 0.3) is 11.0 Å². The highest BCUT2D eigenvalue weighted by molar-refractivity contribution is 7.98. The van der Waals surface area contributed by atoms with Gasteiger partial charge in [0, 0.05) is 4.90 Å². The second kappa shape index (κ2) is 5.88. The zero-order valence-corrected chi connectivity index (χ0v) is 12.1. The number of rotatable bonds is 3. The number of amides is 1. The van der Waals surface area contributed by atoms with E-state index in [1.165, 1.54) is 19.1 Å². The number of benzene rings is 2. The summed E-state index contributed by atoms with van der Waals surface area (Å²) in [6.07, 6.45) is -0.541. The maximum Gasteiger partial charge on any atom is 0.413 e. The molecule has 0 aliphatic rings. The van der Waals surface area contributed by atoms with Crippen molar-refractivity contribution in [2.24, 2.45) is 0 Å². The molecule has 0 aliphatic carbocycles. The maximum atomic E-state index is 11.5. The lowest BCUT2D eigenvalue weighted by Gasteiger charge is -2.08. The van der Waals surface area contributed by atoms with E-state index in [9.17, 15) is 4.79 Å². The van der Waals surface area contributed by atoms with Crippen LogP contribution in [0, 0.1) is 0 Å². The fourth-order valence-corrected chi connectivity index (χ4v) is 2.82. The van der Waals surface area contributed by atoms with E-state index in [0.29, 0.717) is 5.95 Å². The third kappa shape index (κ3) is 2.85. The Morgan fingerprint density at radius 2 is 1.86 bits per heavy atom. The molecule has 0 spiro atoms. The zero-order chi connectivity index (χ0) is 14.7. The first-order valence-electron chi connectivity index (χ1n) is 6.34. The van der Waals surface area contributed by atoms with Crippen molar-refractivity contribution in [2.75, 3.05) is 12.4 Å². The van der Waals surface area contributed by atoms with Gasteiger partial charge in [0.05, 0.1) is 18.1 Å². The van der Waals surface area contributed by atoms with Gasteiger partial charge < -0.3 is 4.74 Å². The first-order valence-corrected chi connectivity index (χ1v) is 7.11. The predicted molar refractivity (Wildman–Crippen MR) is 83.5 cm³/mol. The number of hydrogen-bond acceptors (Lipinski definition) is 4. The number of nitrogens with zero attached hydrogens (tertiary/aromatic N) is 2. The van der Waals surface area contributed by atoms with Gasteiger partial charge in [0.25, 0.3) is 0 Å². The SMILES string of the molecule is COC(=O)Nc1nc2ccccc2n1Sc1ccccc1. The number of carbonyl (C=O) groups excluding carboxylic acids is 1. The molecule has 2 aromatic carbocycles. The molecule has 1 aromatic heterocycles. The summed E-state index contributed by atoms with van der Waals surface area (Å²) in [5, 5.41) is 2.64. The first kappa shape index (κ1) is 13.5. The van der Waals surface area contributed by atoms with Gasteiger partial charge in [-0.3, -0.25) is 5.32 Å². The lowest BCUT2D eigenvalue weighted by molar-refractivity contribution is 0.186. The lowest BCUT2D eigenvalue weighted by Crippen LogP contribution is -2.13. The normalized spacial score (nSPS) is 10.5. The van der Waals surface area contributed by atoms with Gasteiger partial charge in [0.1, 0.15) is 0 Å². The molecule has 0 saturated heterocycles. The zero-order valence-electron chi connectivity index (χ0n) is 11.3. The summed E-state index contributed by atoms with van der Waals surface area (Å²) < 4.78 is 6.52. The Bertz CT molecular complexity index is 771. The molecule has 0 radical (unpaired) electrons.